The number of carboxylic acids is 1. The van der Waals surface area contributed by atoms with Gasteiger partial charge in [0.25, 0.3) is 5.91 Å². The molecule has 0 aliphatic carbocycles. The number of rotatable bonds is 11. The fourth-order valence-electron chi connectivity index (χ4n) is 3.89. The lowest BCUT2D eigenvalue weighted by molar-refractivity contribution is -0.142. The fourth-order valence-corrected chi connectivity index (χ4v) is 4.29. The highest BCUT2D eigenvalue weighted by Gasteiger charge is 2.28. The van der Waals surface area contributed by atoms with Crippen molar-refractivity contribution in [3.63, 3.8) is 0 Å². The molecule has 11 heteroatoms. The second kappa shape index (κ2) is 12.0. The summed E-state index contributed by atoms with van der Waals surface area (Å²) < 4.78 is 15.6. The average Bonchev–Trinajstić information content (AvgIpc) is 2.82. The van der Waals surface area contributed by atoms with E-state index < -0.39 is 37.7 Å². The monoisotopic (exact) mass is 528 g/mol. The van der Waals surface area contributed by atoms with Gasteiger partial charge in [-0.3, -0.25) is 19.4 Å². The number of amides is 2. The second-order valence-corrected chi connectivity index (χ2v) is 10.2. The predicted molar refractivity (Wildman–Crippen MR) is 137 cm³/mol. The summed E-state index contributed by atoms with van der Waals surface area (Å²) in [7, 11) is -4.73. The van der Waals surface area contributed by atoms with Gasteiger partial charge in [-0.05, 0) is 46.9 Å². The molecule has 3 aromatic carbocycles. The number of hydrogen-bond donors (Lipinski definition) is 5. The Morgan fingerprint density at radius 3 is 2.16 bits per heavy atom. The highest BCUT2D eigenvalue weighted by Crippen LogP contribution is 2.37. The van der Waals surface area contributed by atoms with Crippen molar-refractivity contribution in [1.29, 1.82) is 0 Å². The van der Waals surface area contributed by atoms with Gasteiger partial charge in [-0.25, -0.2) is 9.36 Å². The average molecular weight is 528 g/mol. The van der Waals surface area contributed by atoms with Crippen LogP contribution in [0.3, 0.4) is 0 Å². The molecule has 0 aromatic heterocycles. The molecule has 0 radical (unpaired) electrons. The van der Waals surface area contributed by atoms with Crippen molar-refractivity contribution in [2.45, 2.75) is 38.8 Å². The quantitative estimate of drug-likeness (QED) is 0.237. The van der Waals surface area contributed by atoms with E-state index in [2.05, 4.69) is 15.2 Å². The third-order valence-corrected chi connectivity index (χ3v) is 6.01. The first-order valence-corrected chi connectivity index (χ1v) is 13.1. The molecule has 0 heterocycles. The Morgan fingerprint density at radius 2 is 1.54 bits per heavy atom. The maximum absolute atomic E-state index is 13.3. The first-order valence-electron chi connectivity index (χ1n) is 11.6. The number of carbonyl (C=O) groups excluding carboxylic acids is 2. The first-order chi connectivity index (χ1) is 17.4. The van der Waals surface area contributed by atoms with Gasteiger partial charge in [0.1, 0.15) is 17.8 Å². The van der Waals surface area contributed by atoms with Gasteiger partial charge in [0.05, 0.1) is 0 Å². The van der Waals surface area contributed by atoms with E-state index in [1.54, 1.807) is 24.3 Å². The van der Waals surface area contributed by atoms with E-state index in [1.807, 2.05) is 32.0 Å². The molecule has 2 amide bonds. The van der Waals surface area contributed by atoms with Gasteiger partial charge >= 0.3 is 13.8 Å². The summed E-state index contributed by atoms with van der Waals surface area (Å²) in [6.07, 6.45) is 0.200. The van der Waals surface area contributed by atoms with Gasteiger partial charge in [-0.1, -0.05) is 62.4 Å². The van der Waals surface area contributed by atoms with Gasteiger partial charge < -0.3 is 20.3 Å². The van der Waals surface area contributed by atoms with Gasteiger partial charge in [-0.15, -0.1) is 0 Å². The Morgan fingerprint density at radius 1 is 0.892 bits per heavy atom. The van der Waals surface area contributed by atoms with E-state index in [0.717, 1.165) is 5.39 Å². The third kappa shape index (κ3) is 8.15. The molecule has 5 N–H and O–H groups in total. The second-order valence-electron chi connectivity index (χ2n) is 9.01. The minimum absolute atomic E-state index is 0.00620. The van der Waals surface area contributed by atoms with E-state index in [-0.39, 0.29) is 24.5 Å². The zero-order valence-corrected chi connectivity index (χ0v) is 21.2. The maximum atomic E-state index is 13.3. The lowest BCUT2D eigenvalue weighted by Crippen LogP contribution is -2.52. The van der Waals surface area contributed by atoms with Crippen LogP contribution < -0.4 is 15.2 Å². The Labute approximate surface area is 213 Å². The van der Waals surface area contributed by atoms with Crippen LogP contribution in [0.5, 0.6) is 5.75 Å². The van der Waals surface area contributed by atoms with E-state index in [9.17, 15) is 24.1 Å². The molecule has 0 saturated heterocycles. The maximum Gasteiger partial charge on any atom is 0.524 e. The molecule has 0 saturated carbocycles. The third-order valence-electron chi connectivity index (χ3n) is 5.57. The molecule has 2 atom stereocenters. The molecule has 3 rings (SSSR count). The molecule has 3 aromatic rings. The van der Waals surface area contributed by atoms with Crippen LogP contribution in [0, 0.1) is 5.92 Å². The van der Waals surface area contributed by atoms with Crippen LogP contribution in [-0.2, 0) is 20.6 Å². The SMILES string of the molecule is CC(C)CC(NC(=O)C(Cc1ccc(OP(=O)(O)O)cc1)NC(=O)c1cccc2ccccc12)C(=O)O. The molecule has 0 bridgehead atoms. The zero-order valence-electron chi connectivity index (χ0n) is 20.3. The van der Waals surface area contributed by atoms with Gasteiger partial charge in [-0.2, -0.15) is 0 Å². The number of phosphoric ester groups is 1. The van der Waals surface area contributed by atoms with Crippen molar-refractivity contribution >= 4 is 36.4 Å². The first kappa shape index (κ1) is 27.9. The van der Waals surface area contributed by atoms with Gasteiger partial charge in [0.15, 0.2) is 0 Å². The number of nitrogens with one attached hydrogen (secondary N) is 2. The Kier molecular flexibility index (Phi) is 9.04. The van der Waals surface area contributed by atoms with Crippen LogP contribution >= 0.6 is 7.82 Å². The van der Waals surface area contributed by atoms with Crippen molar-refractivity contribution in [3.05, 3.63) is 77.9 Å². The summed E-state index contributed by atoms with van der Waals surface area (Å²) in [5.74, 6) is -2.42. The zero-order chi connectivity index (χ0) is 27.2. The Hall–Kier alpha value is -3.72. The molecule has 2 unspecified atom stereocenters. The molecule has 10 nitrogen and oxygen atoms in total. The van der Waals surface area contributed by atoms with Gasteiger partial charge in [0.2, 0.25) is 5.91 Å². The van der Waals surface area contributed by atoms with Crippen molar-refractivity contribution in [1.82, 2.24) is 10.6 Å². The van der Waals surface area contributed by atoms with Crippen molar-refractivity contribution < 1.29 is 38.4 Å². The Balaban J connectivity index is 1.87. The van der Waals surface area contributed by atoms with Crippen LogP contribution in [0.15, 0.2) is 66.7 Å². The van der Waals surface area contributed by atoms with Crippen LogP contribution in [0.25, 0.3) is 10.8 Å². The summed E-state index contributed by atoms with van der Waals surface area (Å²) in [4.78, 5) is 56.1. The minimum atomic E-state index is -4.73. The summed E-state index contributed by atoms with van der Waals surface area (Å²) in [6, 6.07) is 15.9. The highest BCUT2D eigenvalue weighted by molar-refractivity contribution is 7.46. The molecule has 196 valence electrons. The summed E-state index contributed by atoms with van der Waals surface area (Å²) in [6.45, 7) is 3.67. The van der Waals surface area contributed by atoms with E-state index in [0.29, 0.717) is 16.5 Å². The van der Waals surface area contributed by atoms with Crippen molar-refractivity contribution in [3.8, 4) is 5.75 Å². The molecule has 0 aliphatic rings. The van der Waals surface area contributed by atoms with E-state index in [4.69, 9.17) is 9.79 Å². The molecular formula is C26H29N2O8P. The predicted octanol–water partition coefficient (Wildman–Crippen LogP) is 3.27. The summed E-state index contributed by atoms with van der Waals surface area (Å²) in [5.41, 5.74) is 0.908. The number of carboxylic acid groups (broad SMARTS) is 1. The minimum Gasteiger partial charge on any atom is -0.480 e. The molecular weight excluding hydrogens is 499 g/mol. The molecule has 0 aliphatic heterocycles. The number of hydrogen-bond acceptors (Lipinski definition) is 5. The number of phosphoric acid groups is 1. The molecule has 37 heavy (non-hydrogen) atoms. The lowest BCUT2D eigenvalue weighted by Gasteiger charge is -2.23. The molecule has 0 spiro atoms. The van der Waals surface area contributed by atoms with E-state index in [1.165, 1.54) is 24.3 Å². The largest absolute Gasteiger partial charge is 0.524 e. The van der Waals surface area contributed by atoms with Crippen LogP contribution in [0.4, 0.5) is 0 Å². The normalized spacial score (nSPS) is 13.1. The summed E-state index contributed by atoms with van der Waals surface area (Å²) in [5, 5.41) is 16.4. The Bertz CT molecular complexity index is 1310. The van der Waals surface area contributed by atoms with Crippen molar-refractivity contribution in [2.24, 2.45) is 5.92 Å². The highest BCUT2D eigenvalue weighted by atomic mass is 31.2. The lowest BCUT2D eigenvalue weighted by atomic mass is 10.0. The van der Waals surface area contributed by atoms with Crippen molar-refractivity contribution in [2.75, 3.05) is 0 Å². The van der Waals surface area contributed by atoms with Crippen LogP contribution in [0.2, 0.25) is 0 Å². The standard InChI is InChI=1S/C26H29N2O8P/c1-16(2)14-23(26(31)32)28-25(30)22(15-17-10-12-19(13-11-17)36-37(33,34)35)27-24(29)21-9-5-7-18-6-3-4-8-20(18)21/h3-13,16,22-23H,14-15H2,1-2H3,(H,27,29)(H,28,30)(H,31,32)(H2,33,34,35). The number of fused-ring (bicyclic) bond motifs is 1. The van der Waals surface area contributed by atoms with E-state index >= 15 is 0 Å². The number of carbonyl (C=O) groups is 3. The fraction of sp³-hybridized carbons (Fsp3) is 0.269. The number of benzene rings is 3. The molecule has 0 fully saturated rings. The van der Waals surface area contributed by atoms with Gasteiger partial charge in [0, 0.05) is 12.0 Å². The number of aliphatic carboxylic acids is 1. The van der Waals surface area contributed by atoms with Crippen LogP contribution in [-0.4, -0.2) is 44.8 Å². The summed E-state index contributed by atoms with van der Waals surface area (Å²) >= 11 is 0. The van der Waals surface area contributed by atoms with Crippen LogP contribution in [0.1, 0.15) is 36.2 Å². The topological polar surface area (TPSA) is 162 Å². The smallest absolute Gasteiger partial charge is 0.480 e.